The van der Waals surface area contributed by atoms with E-state index in [1.54, 1.807) is 41.3 Å². The van der Waals surface area contributed by atoms with Crippen LogP contribution in [0, 0.1) is 0 Å². The minimum Gasteiger partial charge on any atom is -0.496 e. The van der Waals surface area contributed by atoms with Gasteiger partial charge in [0.05, 0.1) is 37.9 Å². The summed E-state index contributed by atoms with van der Waals surface area (Å²) in [5.74, 6) is -0.297. The summed E-state index contributed by atoms with van der Waals surface area (Å²) < 4.78 is 5.28. The molecule has 2 N–H and O–H groups in total. The number of piperidine rings is 1. The summed E-state index contributed by atoms with van der Waals surface area (Å²) in [4.78, 5) is 29.4. The van der Waals surface area contributed by atoms with E-state index in [1.807, 2.05) is 12.1 Å². The molecule has 0 aliphatic carbocycles. The van der Waals surface area contributed by atoms with Crippen molar-refractivity contribution in [3.63, 3.8) is 0 Å². The van der Waals surface area contributed by atoms with Crippen LogP contribution >= 0.6 is 0 Å². The molecule has 0 spiro atoms. The van der Waals surface area contributed by atoms with Crippen LogP contribution in [0.3, 0.4) is 0 Å². The van der Waals surface area contributed by atoms with Gasteiger partial charge in [0.25, 0.3) is 5.91 Å². The maximum absolute atomic E-state index is 13.4. The van der Waals surface area contributed by atoms with Crippen molar-refractivity contribution in [2.45, 2.75) is 31.3 Å². The van der Waals surface area contributed by atoms with Crippen molar-refractivity contribution >= 4 is 17.4 Å². The van der Waals surface area contributed by atoms with Gasteiger partial charge >= 0.3 is 0 Å². The number of benzene rings is 2. The third-order valence-corrected chi connectivity index (χ3v) is 6.01. The second-order valence-electron chi connectivity index (χ2n) is 7.88. The predicted molar refractivity (Wildman–Crippen MR) is 109 cm³/mol. The lowest BCUT2D eigenvalue weighted by atomic mass is 9.88. The molecule has 4 rings (SSSR count). The predicted octanol–water partition coefficient (Wildman–Crippen LogP) is 1.53. The lowest BCUT2D eigenvalue weighted by Gasteiger charge is -2.29. The van der Waals surface area contributed by atoms with E-state index >= 15 is 0 Å². The van der Waals surface area contributed by atoms with Crippen LogP contribution in [0.2, 0.25) is 0 Å². The SMILES string of the molecule is COc1ccccc1C(=O)C[C@]1(O)C(=O)N(C[NH+]2CCCCC2)c2ccccc21. The second kappa shape index (κ2) is 7.97. The first-order valence-corrected chi connectivity index (χ1v) is 10.2. The number of ketones is 1. The van der Waals surface area contributed by atoms with Crippen molar-refractivity contribution in [1.29, 1.82) is 0 Å². The lowest BCUT2D eigenvalue weighted by Crippen LogP contribution is -3.14. The highest BCUT2D eigenvalue weighted by atomic mass is 16.5. The van der Waals surface area contributed by atoms with Crippen molar-refractivity contribution in [2.75, 3.05) is 31.8 Å². The molecule has 1 amide bonds. The number of amides is 1. The van der Waals surface area contributed by atoms with Crippen LogP contribution in [-0.2, 0) is 10.4 Å². The van der Waals surface area contributed by atoms with Crippen LogP contribution in [0.4, 0.5) is 5.69 Å². The molecular weight excluding hydrogens is 368 g/mol. The van der Waals surface area contributed by atoms with Crippen LogP contribution in [0.25, 0.3) is 0 Å². The van der Waals surface area contributed by atoms with Gasteiger partial charge in [-0.1, -0.05) is 30.3 Å². The Balaban J connectivity index is 1.64. The van der Waals surface area contributed by atoms with Crippen LogP contribution < -0.4 is 14.5 Å². The molecule has 0 saturated carbocycles. The zero-order chi connectivity index (χ0) is 20.4. The molecule has 0 radical (unpaired) electrons. The molecule has 6 nitrogen and oxygen atoms in total. The summed E-state index contributed by atoms with van der Waals surface area (Å²) in [6, 6.07) is 14.1. The van der Waals surface area contributed by atoms with Gasteiger partial charge in [-0.2, -0.15) is 0 Å². The number of anilines is 1. The van der Waals surface area contributed by atoms with Crippen LogP contribution in [0.1, 0.15) is 41.6 Å². The normalized spacial score (nSPS) is 21.9. The Hall–Kier alpha value is -2.70. The number of hydrogen-bond donors (Lipinski definition) is 2. The van der Waals surface area contributed by atoms with Gasteiger partial charge < -0.3 is 14.7 Å². The van der Waals surface area contributed by atoms with Gasteiger partial charge in [-0.15, -0.1) is 0 Å². The van der Waals surface area contributed by atoms with Crippen LogP contribution in [-0.4, -0.2) is 43.7 Å². The van der Waals surface area contributed by atoms with E-state index < -0.39 is 11.5 Å². The van der Waals surface area contributed by atoms with Gasteiger partial charge in [0, 0.05) is 5.56 Å². The molecule has 0 bridgehead atoms. The van der Waals surface area contributed by atoms with Crippen molar-refractivity contribution < 1.29 is 24.3 Å². The quantitative estimate of drug-likeness (QED) is 0.728. The number of aliphatic hydroxyl groups is 1. The maximum atomic E-state index is 13.4. The van der Waals surface area contributed by atoms with E-state index in [9.17, 15) is 14.7 Å². The summed E-state index contributed by atoms with van der Waals surface area (Å²) in [6.07, 6.45) is 3.21. The topological polar surface area (TPSA) is 71.3 Å². The van der Waals surface area contributed by atoms with E-state index in [-0.39, 0.29) is 12.2 Å². The first kappa shape index (κ1) is 19.6. The number of ether oxygens (including phenoxy) is 1. The fourth-order valence-corrected chi connectivity index (χ4v) is 4.47. The number of fused-ring (bicyclic) bond motifs is 1. The average Bonchev–Trinajstić information content (AvgIpc) is 2.96. The Morgan fingerprint density at radius 1 is 1.10 bits per heavy atom. The second-order valence-corrected chi connectivity index (χ2v) is 7.88. The first-order chi connectivity index (χ1) is 14.0. The Morgan fingerprint density at radius 3 is 2.55 bits per heavy atom. The molecule has 29 heavy (non-hydrogen) atoms. The zero-order valence-electron chi connectivity index (χ0n) is 16.7. The summed E-state index contributed by atoms with van der Waals surface area (Å²) in [7, 11) is 1.50. The van der Waals surface area contributed by atoms with Gasteiger partial charge in [0.1, 0.15) is 5.75 Å². The van der Waals surface area contributed by atoms with Gasteiger partial charge in [-0.3, -0.25) is 14.5 Å². The monoisotopic (exact) mass is 395 g/mol. The van der Waals surface area contributed by atoms with E-state index in [0.29, 0.717) is 29.2 Å². The summed E-state index contributed by atoms with van der Waals surface area (Å²) in [5.41, 5.74) is -0.284. The summed E-state index contributed by atoms with van der Waals surface area (Å²) in [6.45, 7) is 2.55. The minimum atomic E-state index is -1.86. The Labute approximate surface area is 170 Å². The third-order valence-electron chi connectivity index (χ3n) is 6.01. The van der Waals surface area contributed by atoms with Gasteiger partial charge in [-0.25, -0.2) is 0 Å². The number of nitrogens with one attached hydrogen (secondary N) is 1. The maximum Gasteiger partial charge on any atom is 0.268 e. The first-order valence-electron chi connectivity index (χ1n) is 10.2. The molecule has 2 aliphatic heterocycles. The molecular formula is C23H27N2O4+. The largest absolute Gasteiger partial charge is 0.496 e. The molecule has 1 saturated heterocycles. The molecule has 0 unspecified atom stereocenters. The smallest absolute Gasteiger partial charge is 0.268 e. The number of nitrogens with zero attached hydrogens (tertiary/aromatic N) is 1. The van der Waals surface area contributed by atoms with Crippen molar-refractivity contribution in [3.8, 4) is 5.75 Å². The van der Waals surface area contributed by atoms with Crippen molar-refractivity contribution in [2.24, 2.45) is 0 Å². The van der Waals surface area contributed by atoms with E-state index in [2.05, 4.69) is 0 Å². The van der Waals surface area contributed by atoms with Crippen molar-refractivity contribution in [1.82, 2.24) is 0 Å². The number of quaternary nitrogens is 1. The molecule has 152 valence electrons. The summed E-state index contributed by atoms with van der Waals surface area (Å²) in [5, 5.41) is 11.4. The lowest BCUT2D eigenvalue weighted by molar-refractivity contribution is -0.903. The molecule has 2 aromatic rings. The molecule has 1 fully saturated rings. The van der Waals surface area contributed by atoms with Gasteiger partial charge in [0.15, 0.2) is 18.1 Å². The van der Waals surface area contributed by atoms with Crippen molar-refractivity contribution in [3.05, 3.63) is 59.7 Å². The highest BCUT2D eigenvalue weighted by Crippen LogP contribution is 2.42. The summed E-state index contributed by atoms with van der Waals surface area (Å²) >= 11 is 0. The number of likely N-dealkylation sites (tertiary alicyclic amines) is 1. The molecule has 6 heteroatoms. The fraction of sp³-hybridized carbons (Fsp3) is 0.391. The molecule has 2 aromatic carbocycles. The number of para-hydroxylation sites is 2. The number of rotatable bonds is 6. The molecule has 1 atom stereocenters. The van der Waals surface area contributed by atoms with Gasteiger partial charge in [0.2, 0.25) is 0 Å². The number of hydrogen-bond acceptors (Lipinski definition) is 4. The highest BCUT2D eigenvalue weighted by Gasteiger charge is 2.52. The Bertz CT molecular complexity index is 923. The number of methoxy groups -OCH3 is 1. The standard InChI is InChI=1S/C23H26N2O4/c1-29-21-12-6-3-9-17(21)20(26)15-23(28)18-10-4-5-11-19(18)25(22(23)27)16-24-13-7-2-8-14-24/h3-6,9-12,28H,2,7-8,13-16H2,1H3/p+1/t23-/m1/s1. The number of Topliss-reactive ketones (excluding diaryl/α,β-unsaturated/α-hetero) is 1. The minimum absolute atomic E-state index is 0.310. The van der Waals surface area contributed by atoms with Crippen LogP contribution in [0.15, 0.2) is 48.5 Å². The average molecular weight is 395 g/mol. The zero-order valence-corrected chi connectivity index (χ0v) is 16.7. The van der Waals surface area contributed by atoms with E-state index in [1.165, 1.54) is 18.4 Å². The Kier molecular flexibility index (Phi) is 5.39. The Morgan fingerprint density at radius 2 is 1.79 bits per heavy atom. The molecule has 2 aliphatic rings. The molecule has 2 heterocycles. The van der Waals surface area contributed by atoms with Crippen LogP contribution in [0.5, 0.6) is 5.75 Å². The van der Waals surface area contributed by atoms with E-state index in [4.69, 9.17) is 4.74 Å². The third kappa shape index (κ3) is 3.54. The fourth-order valence-electron chi connectivity index (χ4n) is 4.47. The molecule has 0 aromatic heterocycles. The van der Waals surface area contributed by atoms with Gasteiger partial charge in [-0.05, 0) is 37.5 Å². The number of carbonyl (C=O) groups excluding carboxylic acids is 2. The van der Waals surface area contributed by atoms with E-state index in [0.717, 1.165) is 25.9 Å². The highest BCUT2D eigenvalue weighted by molar-refractivity contribution is 6.11. The number of carbonyl (C=O) groups is 2.